The van der Waals surface area contributed by atoms with E-state index in [1.54, 1.807) is 6.07 Å². The van der Waals surface area contributed by atoms with Crippen molar-refractivity contribution in [1.29, 1.82) is 5.26 Å². The van der Waals surface area contributed by atoms with Crippen LogP contribution in [0.3, 0.4) is 0 Å². The van der Waals surface area contributed by atoms with Gasteiger partial charge in [0, 0.05) is 5.56 Å². The molecule has 23 heavy (non-hydrogen) atoms. The van der Waals surface area contributed by atoms with Crippen LogP contribution in [-0.2, 0) is 18.8 Å². The van der Waals surface area contributed by atoms with E-state index in [1.165, 1.54) is 6.07 Å². The highest BCUT2D eigenvalue weighted by atomic mass is 19.4. The summed E-state index contributed by atoms with van der Waals surface area (Å²) in [7, 11) is 0. The Kier molecular flexibility index (Phi) is 4.32. The zero-order chi connectivity index (χ0) is 17.3. The minimum Gasteiger partial charge on any atom is -0.243 e. The number of hydrogen-bond donors (Lipinski definition) is 0. The van der Waals surface area contributed by atoms with Crippen molar-refractivity contribution in [1.82, 2.24) is 4.98 Å². The minimum atomic E-state index is -4.80. The predicted octanol–water partition coefficient (Wildman–Crippen LogP) is 4.85. The summed E-state index contributed by atoms with van der Waals surface area (Å²) in [6, 6.07) is 7.51. The zero-order valence-electron chi connectivity index (χ0n) is 11.3. The van der Waals surface area contributed by atoms with Gasteiger partial charge in [0.2, 0.25) is 0 Å². The van der Waals surface area contributed by atoms with Gasteiger partial charge in [0.25, 0.3) is 0 Å². The number of nitrogens with zero attached hydrogens (tertiary/aromatic N) is 2. The van der Waals surface area contributed by atoms with Gasteiger partial charge in [0.1, 0.15) is 5.69 Å². The van der Waals surface area contributed by atoms with Crippen LogP contribution in [0.5, 0.6) is 0 Å². The van der Waals surface area contributed by atoms with Gasteiger partial charge in [-0.15, -0.1) is 0 Å². The molecule has 1 heterocycles. The monoisotopic (exact) mass is 330 g/mol. The third-order valence-electron chi connectivity index (χ3n) is 3.03. The normalized spacial score (nSPS) is 12.0. The molecule has 1 aromatic heterocycles. The van der Waals surface area contributed by atoms with Gasteiger partial charge in [-0.2, -0.15) is 31.6 Å². The minimum absolute atomic E-state index is 0.00259. The fraction of sp³-hybridized carbons (Fsp3) is 0.200. The number of aromatic nitrogens is 1. The number of halogens is 6. The Balaban J connectivity index is 2.74. The molecule has 0 fully saturated rings. The molecule has 0 saturated heterocycles. The lowest BCUT2D eigenvalue weighted by atomic mass is 9.98. The van der Waals surface area contributed by atoms with Crippen molar-refractivity contribution in [2.24, 2.45) is 0 Å². The van der Waals surface area contributed by atoms with Crippen LogP contribution in [0.4, 0.5) is 26.3 Å². The van der Waals surface area contributed by atoms with E-state index in [-0.39, 0.29) is 12.0 Å². The molecule has 0 amide bonds. The van der Waals surface area contributed by atoms with Gasteiger partial charge in [-0.1, -0.05) is 24.3 Å². The molecule has 0 atom stereocenters. The second kappa shape index (κ2) is 5.91. The molecule has 2 nitrogen and oxygen atoms in total. The SMILES string of the molecule is N#CCc1ccc(C(F)(F)F)nc1-c1ccccc1C(F)(F)F. The highest BCUT2D eigenvalue weighted by molar-refractivity contribution is 5.68. The fourth-order valence-corrected chi connectivity index (χ4v) is 2.04. The Morgan fingerprint density at radius 2 is 1.57 bits per heavy atom. The first-order valence-electron chi connectivity index (χ1n) is 6.25. The average Bonchev–Trinajstić information content (AvgIpc) is 2.46. The summed E-state index contributed by atoms with van der Waals surface area (Å²) in [5, 5.41) is 8.73. The van der Waals surface area contributed by atoms with Crippen molar-refractivity contribution in [3.05, 3.63) is 53.2 Å². The van der Waals surface area contributed by atoms with Gasteiger partial charge in [-0.05, 0) is 17.7 Å². The predicted molar refractivity (Wildman–Crippen MR) is 69.0 cm³/mol. The van der Waals surface area contributed by atoms with E-state index >= 15 is 0 Å². The van der Waals surface area contributed by atoms with Gasteiger partial charge >= 0.3 is 12.4 Å². The van der Waals surface area contributed by atoms with Crippen LogP contribution in [0.15, 0.2) is 36.4 Å². The van der Waals surface area contributed by atoms with Gasteiger partial charge in [-0.3, -0.25) is 0 Å². The van der Waals surface area contributed by atoms with E-state index < -0.39 is 34.9 Å². The fourth-order valence-electron chi connectivity index (χ4n) is 2.04. The Bertz CT molecular complexity index is 756. The highest BCUT2D eigenvalue weighted by Gasteiger charge is 2.36. The van der Waals surface area contributed by atoms with E-state index in [1.807, 2.05) is 0 Å². The van der Waals surface area contributed by atoms with Crippen molar-refractivity contribution in [2.75, 3.05) is 0 Å². The van der Waals surface area contributed by atoms with Crippen LogP contribution < -0.4 is 0 Å². The molecule has 8 heteroatoms. The summed E-state index contributed by atoms with van der Waals surface area (Å²) < 4.78 is 77.6. The maximum absolute atomic E-state index is 13.1. The lowest BCUT2D eigenvalue weighted by Crippen LogP contribution is -2.12. The van der Waals surface area contributed by atoms with Crippen LogP contribution in [-0.4, -0.2) is 4.98 Å². The van der Waals surface area contributed by atoms with Crippen LogP contribution in [0.25, 0.3) is 11.3 Å². The van der Waals surface area contributed by atoms with Crippen molar-refractivity contribution in [3.8, 4) is 17.3 Å². The molecule has 1 aromatic carbocycles. The molecule has 0 unspecified atom stereocenters. The first-order valence-corrected chi connectivity index (χ1v) is 6.25. The number of benzene rings is 1. The number of alkyl halides is 6. The molecule has 2 rings (SSSR count). The first kappa shape index (κ1) is 16.8. The third kappa shape index (κ3) is 3.62. The van der Waals surface area contributed by atoms with Crippen molar-refractivity contribution >= 4 is 0 Å². The number of hydrogen-bond acceptors (Lipinski definition) is 2. The van der Waals surface area contributed by atoms with Crippen LogP contribution in [0.2, 0.25) is 0 Å². The molecule has 120 valence electrons. The summed E-state index contributed by atoms with van der Waals surface area (Å²) in [4.78, 5) is 3.33. The summed E-state index contributed by atoms with van der Waals surface area (Å²) in [6.45, 7) is 0. The highest BCUT2D eigenvalue weighted by Crippen LogP contribution is 2.38. The molecular formula is C15H8F6N2. The second-order valence-electron chi connectivity index (χ2n) is 4.58. The molecule has 0 aliphatic carbocycles. The van der Waals surface area contributed by atoms with Gasteiger partial charge in [0.05, 0.1) is 23.7 Å². The van der Waals surface area contributed by atoms with Gasteiger partial charge in [-0.25, -0.2) is 4.98 Å². The lowest BCUT2D eigenvalue weighted by molar-refractivity contribution is -0.141. The number of pyridine rings is 1. The van der Waals surface area contributed by atoms with E-state index in [4.69, 9.17) is 5.26 Å². The van der Waals surface area contributed by atoms with E-state index in [0.717, 1.165) is 24.3 Å². The van der Waals surface area contributed by atoms with Crippen molar-refractivity contribution < 1.29 is 26.3 Å². The molecule has 0 spiro atoms. The van der Waals surface area contributed by atoms with E-state index in [2.05, 4.69) is 4.98 Å². The number of rotatable bonds is 2. The zero-order valence-corrected chi connectivity index (χ0v) is 11.3. The summed E-state index contributed by atoms with van der Waals surface area (Å²) in [5.41, 5.74) is -3.40. The molecule has 0 saturated carbocycles. The molecule has 0 aliphatic rings. The third-order valence-corrected chi connectivity index (χ3v) is 3.03. The average molecular weight is 330 g/mol. The van der Waals surface area contributed by atoms with Crippen LogP contribution in [0, 0.1) is 11.3 Å². The molecular weight excluding hydrogens is 322 g/mol. The lowest BCUT2D eigenvalue weighted by Gasteiger charge is -2.16. The topological polar surface area (TPSA) is 36.7 Å². The van der Waals surface area contributed by atoms with Crippen LogP contribution in [0.1, 0.15) is 16.8 Å². The smallest absolute Gasteiger partial charge is 0.243 e. The van der Waals surface area contributed by atoms with E-state index in [9.17, 15) is 26.3 Å². The van der Waals surface area contributed by atoms with Crippen molar-refractivity contribution in [3.63, 3.8) is 0 Å². The first-order chi connectivity index (χ1) is 10.6. The Morgan fingerprint density at radius 1 is 0.913 bits per heavy atom. The Morgan fingerprint density at radius 3 is 2.13 bits per heavy atom. The maximum Gasteiger partial charge on any atom is 0.433 e. The molecule has 0 N–H and O–H groups in total. The van der Waals surface area contributed by atoms with Crippen LogP contribution >= 0.6 is 0 Å². The summed E-state index contributed by atoms with van der Waals surface area (Å²) in [5.74, 6) is 0. The molecule has 0 aliphatic heterocycles. The largest absolute Gasteiger partial charge is 0.433 e. The Hall–Kier alpha value is -2.56. The van der Waals surface area contributed by atoms with Gasteiger partial charge in [0.15, 0.2) is 0 Å². The number of nitriles is 1. The summed E-state index contributed by atoms with van der Waals surface area (Å²) >= 11 is 0. The molecule has 0 radical (unpaired) electrons. The Labute approximate surface area is 127 Å². The quantitative estimate of drug-likeness (QED) is 0.738. The standard InChI is InChI=1S/C15H8F6N2/c16-14(17,18)11-4-2-1-3-10(11)13-9(7-8-22)5-6-12(23-13)15(19,20)21/h1-6H,7H2. The second-order valence-corrected chi connectivity index (χ2v) is 4.58. The maximum atomic E-state index is 13.1. The van der Waals surface area contributed by atoms with Crippen molar-refractivity contribution in [2.45, 2.75) is 18.8 Å². The summed E-state index contributed by atoms with van der Waals surface area (Å²) in [6.07, 6.45) is -9.91. The molecule has 2 aromatic rings. The van der Waals surface area contributed by atoms with Gasteiger partial charge < -0.3 is 0 Å². The molecule has 0 bridgehead atoms. The van der Waals surface area contributed by atoms with E-state index in [0.29, 0.717) is 6.07 Å².